The van der Waals surface area contributed by atoms with E-state index < -0.39 is 8.07 Å². The maximum atomic E-state index is 12.0. The summed E-state index contributed by atoms with van der Waals surface area (Å²) >= 11 is 0. The molecule has 0 fully saturated rings. The van der Waals surface area contributed by atoms with Crippen LogP contribution in [0.25, 0.3) is 11.0 Å². The van der Waals surface area contributed by atoms with Crippen molar-refractivity contribution in [1.29, 1.82) is 0 Å². The van der Waals surface area contributed by atoms with Gasteiger partial charge >= 0.3 is 5.63 Å². The van der Waals surface area contributed by atoms with Gasteiger partial charge in [0.25, 0.3) is 0 Å². The zero-order valence-corrected chi connectivity index (χ0v) is 12.9. The van der Waals surface area contributed by atoms with E-state index in [4.69, 9.17) is 9.15 Å². The lowest BCUT2D eigenvalue weighted by atomic mass is 10.1. The van der Waals surface area contributed by atoms with Gasteiger partial charge in [-0.05, 0) is 24.6 Å². The lowest BCUT2D eigenvalue weighted by Gasteiger charge is -2.14. The largest absolute Gasteiger partial charge is 0.497 e. The van der Waals surface area contributed by atoms with Gasteiger partial charge in [0.15, 0.2) is 0 Å². The van der Waals surface area contributed by atoms with Gasteiger partial charge in [0.1, 0.15) is 11.3 Å². The molecule has 0 N–H and O–H groups in total. The molecule has 0 aliphatic rings. The van der Waals surface area contributed by atoms with Crippen LogP contribution in [0.15, 0.2) is 33.5 Å². The second-order valence-electron chi connectivity index (χ2n) is 6.02. The third-order valence-corrected chi connectivity index (χ3v) is 4.91. The van der Waals surface area contributed by atoms with Crippen molar-refractivity contribution in [1.82, 2.24) is 0 Å². The summed E-state index contributed by atoms with van der Waals surface area (Å²) in [7, 11) is 0.453. The van der Waals surface area contributed by atoms with Gasteiger partial charge < -0.3 is 9.15 Å². The number of benzene rings is 1. The van der Waals surface area contributed by atoms with E-state index in [2.05, 4.69) is 19.6 Å². The summed E-state index contributed by atoms with van der Waals surface area (Å²) in [5.74, 6) is 0.700. The molecule has 2 rings (SSSR count). The summed E-state index contributed by atoms with van der Waals surface area (Å²) in [6.07, 6.45) is 0.806. The van der Waals surface area contributed by atoms with Crippen molar-refractivity contribution in [3.05, 3.63) is 40.2 Å². The first-order valence-electron chi connectivity index (χ1n) is 6.50. The van der Waals surface area contributed by atoms with Gasteiger partial charge in [0.2, 0.25) is 0 Å². The second kappa shape index (κ2) is 5.21. The number of hydrogen-bond donors (Lipinski definition) is 0. The summed E-state index contributed by atoms with van der Waals surface area (Å²) in [5.41, 5.74) is 1.14. The number of ether oxygens (including phenoxy) is 1. The smallest absolute Gasteiger partial charge is 0.339 e. The molecular weight excluding hydrogens is 256 g/mol. The summed E-state index contributed by atoms with van der Waals surface area (Å²) in [6, 6.07) is 8.60. The molecule has 4 heteroatoms. The molecule has 19 heavy (non-hydrogen) atoms. The van der Waals surface area contributed by atoms with Crippen LogP contribution in [0.3, 0.4) is 0 Å². The van der Waals surface area contributed by atoms with Crippen LogP contribution in [-0.2, 0) is 6.42 Å². The highest BCUT2D eigenvalue weighted by Gasteiger charge is 2.15. The van der Waals surface area contributed by atoms with Crippen molar-refractivity contribution in [2.45, 2.75) is 32.1 Å². The number of methoxy groups -OCH3 is 1. The van der Waals surface area contributed by atoms with E-state index >= 15 is 0 Å². The second-order valence-corrected chi connectivity index (χ2v) is 11.6. The fraction of sp³-hybridized carbons (Fsp3) is 0.400. The van der Waals surface area contributed by atoms with Crippen molar-refractivity contribution in [3.63, 3.8) is 0 Å². The van der Waals surface area contributed by atoms with Crippen LogP contribution in [0.1, 0.15) is 5.56 Å². The molecule has 0 aliphatic carbocycles. The normalized spacial score (nSPS) is 11.8. The Labute approximate surface area is 114 Å². The number of hydrogen-bond acceptors (Lipinski definition) is 3. The summed E-state index contributed by atoms with van der Waals surface area (Å²) in [4.78, 5) is 12.0. The first-order valence-corrected chi connectivity index (χ1v) is 10.2. The summed E-state index contributed by atoms with van der Waals surface area (Å²) in [6.45, 7) is 6.92. The first kappa shape index (κ1) is 13.9. The van der Waals surface area contributed by atoms with Gasteiger partial charge in [-0.2, -0.15) is 0 Å². The molecular formula is C15H20O3Si. The van der Waals surface area contributed by atoms with E-state index in [1.54, 1.807) is 13.2 Å². The molecule has 0 atom stereocenters. The van der Waals surface area contributed by atoms with Crippen LogP contribution in [0.4, 0.5) is 0 Å². The highest BCUT2D eigenvalue weighted by atomic mass is 28.3. The van der Waals surface area contributed by atoms with Gasteiger partial charge in [-0.25, -0.2) is 4.79 Å². The van der Waals surface area contributed by atoms with Crippen LogP contribution < -0.4 is 10.4 Å². The standard InChI is InChI=1S/C15H20O3Si/c1-17-13-6-5-11-9-12(7-8-19(2,3)4)15(16)18-14(11)10-13/h5-6,9-10H,7-8H2,1-4H3. The predicted octanol–water partition coefficient (Wildman–Crippen LogP) is 3.68. The molecule has 0 saturated heterocycles. The Morgan fingerprint density at radius 2 is 1.95 bits per heavy atom. The quantitative estimate of drug-likeness (QED) is 0.631. The fourth-order valence-electron chi connectivity index (χ4n) is 1.95. The molecule has 1 heterocycles. The van der Waals surface area contributed by atoms with Crippen LogP contribution in [0.2, 0.25) is 25.7 Å². The van der Waals surface area contributed by atoms with Gasteiger partial charge in [-0.15, -0.1) is 0 Å². The summed E-state index contributed by atoms with van der Waals surface area (Å²) in [5, 5.41) is 0.950. The van der Waals surface area contributed by atoms with Crippen molar-refractivity contribution >= 4 is 19.0 Å². The van der Waals surface area contributed by atoms with E-state index in [1.165, 1.54) is 0 Å². The minimum Gasteiger partial charge on any atom is -0.497 e. The molecule has 0 unspecified atom stereocenters. The number of fused-ring (bicyclic) bond motifs is 1. The van der Waals surface area contributed by atoms with Crippen LogP contribution in [-0.4, -0.2) is 15.2 Å². The number of aryl methyl sites for hydroxylation is 1. The minimum absolute atomic E-state index is 0.223. The average molecular weight is 276 g/mol. The molecule has 0 saturated carbocycles. The van der Waals surface area contributed by atoms with Crippen LogP contribution >= 0.6 is 0 Å². The maximum Gasteiger partial charge on any atom is 0.339 e. The lowest BCUT2D eigenvalue weighted by Crippen LogP contribution is -2.21. The van der Waals surface area contributed by atoms with Crippen molar-refractivity contribution in [3.8, 4) is 5.75 Å². The van der Waals surface area contributed by atoms with Crippen molar-refractivity contribution in [2.24, 2.45) is 0 Å². The molecule has 2 aromatic rings. The molecule has 3 nitrogen and oxygen atoms in total. The predicted molar refractivity (Wildman–Crippen MR) is 80.9 cm³/mol. The molecule has 0 radical (unpaired) electrons. The zero-order chi connectivity index (χ0) is 14.0. The highest BCUT2D eigenvalue weighted by molar-refractivity contribution is 6.76. The third kappa shape index (κ3) is 3.47. The first-order chi connectivity index (χ1) is 8.89. The monoisotopic (exact) mass is 276 g/mol. The molecule has 102 valence electrons. The van der Waals surface area contributed by atoms with E-state index in [9.17, 15) is 4.79 Å². The summed E-state index contributed by atoms with van der Waals surface area (Å²) < 4.78 is 10.5. The molecule has 0 bridgehead atoms. The molecule has 1 aromatic heterocycles. The van der Waals surface area contributed by atoms with E-state index in [0.29, 0.717) is 11.3 Å². The van der Waals surface area contributed by atoms with E-state index in [0.717, 1.165) is 23.4 Å². The highest BCUT2D eigenvalue weighted by Crippen LogP contribution is 2.21. The fourth-order valence-corrected chi connectivity index (χ4v) is 2.96. The minimum atomic E-state index is -1.15. The zero-order valence-electron chi connectivity index (χ0n) is 11.9. The van der Waals surface area contributed by atoms with Crippen molar-refractivity contribution < 1.29 is 9.15 Å². The third-order valence-electron chi connectivity index (χ3n) is 3.16. The van der Waals surface area contributed by atoms with E-state index in [1.807, 2.05) is 18.2 Å². The van der Waals surface area contributed by atoms with E-state index in [-0.39, 0.29) is 5.63 Å². The topological polar surface area (TPSA) is 39.4 Å². The Hall–Kier alpha value is -1.55. The van der Waals surface area contributed by atoms with Crippen LogP contribution in [0.5, 0.6) is 5.75 Å². The Kier molecular flexibility index (Phi) is 3.80. The molecule has 1 aromatic carbocycles. The maximum absolute atomic E-state index is 12.0. The molecule has 0 amide bonds. The SMILES string of the molecule is COc1ccc2cc(CC[Si](C)(C)C)c(=O)oc2c1. The van der Waals surface area contributed by atoms with Gasteiger partial charge in [-0.1, -0.05) is 25.7 Å². The Bertz CT molecular complexity index is 638. The Balaban J connectivity index is 2.37. The lowest BCUT2D eigenvalue weighted by molar-refractivity contribution is 0.414. The van der Waals surface area contributed by atoms with Crippen molar-refractivity contribution in [2.75, 3.05) is 7.11 Å². The number of rotatable bonds is 4. The molecule has 0 spiro atoms. The van der Waals surface area contributed by atoms with Gasteiger partial charge in [0.05, 0.1) is 7.11 Å². The molecule has 0 aliphatic heterocycles. The van der Waals surface area contributed by atoms with Crippen LogP contribution in [0, 0.1) is 0 Å². The Morgan fingerprint density at radius 3 is 2.58 bits per heavy atom. The van der Waals surface area contributed by atoms with Gasteiger partial charge in [0, 0.05) is 25.1 Å². The van der Waals surface area contributed by atoms with Gasteiger partial charge in [-0.3, -0.25) is 0 Å². The average Bonchev–Trinajstić information content (AvgIpc) is 2.34. The Morgan fingerprint density at radius 1 is 1.21 bits per heavy atom.